The normalized spacial score (nSPS) is 11.1. The van der Waals surface area contributed by atoms with E-state index in [9.17, 15) is 22.8 Å². The smallest absolute Gasteiger partial charge is 0.422 e. The van der Waals surface area contributed by atoms with Gasteiger partial charge in [-0.25, -0.2) is 9.97 Å². The molecule has 0 bridgehead atoms. The molecule has 0 saturated heterocycles. The summed E-state index contributed by atoms with van der Waals surface area (Å²) in [6, 6.07) is 11.7. The highest BCUT2D eigenvalue weighted by atomic mass is 19.4. The Bertz CT molecular complexity index is 1170. The minimum Gasteiger partial charge on any atom is -0.468 e. The number of benzene rings is 1. The first-order chi connectivity index (χ1) is 15.6. The fraction of sp³-hybridized carbons (Fsp3) is 0.217. The van der Waals surface area contributed by atoms with E-state index < -0.39 is 18.7 Å². The number of nitrogens with one attached hydrogen (secondary N) is 2. The van der Waals surface area contributed by atoms with Crippen LogP contribution in [0.3, 0.4) is 0 Å². The van der Waals surface area contributed by atoms with Gasteiger partial charge < -0.3 is 15.4 Å². The summed E-state index contributed by atoms with van der Waals surface area (Å²) in [5.74, 6) is -0.642. The number of anilines is 1. The number of aryl methyl sites for hydroxylation is 1. The molecule has 33 heavy (non-hydrogen) atoms. The van der Waals surface area contributed by atoms with Crippen LogP contribution in [0.5, 0.6) is 5.88 Å². The van der Waals surface area contributed by atoms with Crippen LogP contribution in [-0.4, -0.2) is 34.6 Å². The molecule has 2 amide bonds. The Labute approximate surface area is 188 Å². The number of hydrogen-bond donors (Lipinski definition) is 2. The summed E-state index contributed by atoms with van der Waals surface area (Å²) in [7, 11) is 0. The molecule has 0 aliphatic heterocycles. The second kappa shape index (κ2) is 10.1. The average molecular weight is 458 g/mol. The minimum atomic E-state index is -4.50. The highest BCUT2D eigenvalue weighted by Gasteiger charge is 2.29. The molecule has 3 rings (SSSR count). The van der Waals surface area contributed by atoms with Gasteiger partial charge in [0.15, 0.2) is 6.61 Å². The van der Waals surface area contributed by atoms with Gasteiger partial charge in [0.05, 0.1) is 0 Å². The number of rotatable bonds is 7. The van der Waals surface area contributed by atoms with E-state index in [1.165, 1.54) is 31.5 Å². The van der Waals surface area contributed by atoms with Crippen molar-refractivity contribution in [2.24, 2.45) is 0 Å². The molecule has 7 nitrogen and oxygen atoms in total. The first-order valence-corrected chi connectivity index (χ1v) is 9.89. The van der Waals surface area contributed by atoms with Gasteiger partial charge in [-0.1, -0.05) is 24.3 Å². The zero-order valence-electron chi connectivity index (χ0n) is 17.9. The molecule has 0 aliphatic carbocycles. The molecule has 2 heterocycles. The largest absolute Gasteiger partial charge is 0.468 e. The number of aromatic nitrogens is 2. The third-order valence-corrected chi connectivity index (χ3v) is 4.49. The molecule has 0 spiro atoms. The molecule has 0 fully saturated rings. The number of pyridine rings is 2. The van der Waals surface area contributed by atoms with E-state index in [1.807, 2.05) is 19.1 Å². The molecule has 10 heteroatoms. The Morgan fingerprint density at radius 2 is 1.82 bits per heavy atom. The summed E-state index contributed by atoms with van der Waals surface area (Å²) < 4.78 is 43.0. The summed E-state index contributed by atoms with van der Waals surface area (Å²) in [5, 5.41) is 5.22. The van der Waals surface area contributed by atoms with Crippen molar-refractivity contribution in [3.05, 3.63) is 71.5 Å². The van der Waals surface area contributed by atoms with E-state index in [0.717, 1.165) is 5.56 Å². The molecule has 2 aromatic heterocycles. The summed E-state index contributed by atoms with van der Waals surface area (Å²) >= 11 is 0. The fourth-order valence-corrected chi connectivity index (χ4v) is 3.03. The second-order valence-electron chi connectivity index (χ2n) is 7.21. The van der Waals surface area contributed by atoms with Crippen LogP contribution < -0.4 is 15.4 Å². The SMILES string of the molecule is CC(=O)Nc1cc(C(=O)NCc2cnc(OCC(F)(F)F)c(-c3ccccc3C)c2)ccn1. The highest BCUT2D eigenvalue weighted by Crippen LogP contribution is 2.32. The van der Waals surface area contributed by atoms with Crippen LogP contribution in [0.4, 0.5) is 19.0 Å². The Morgan fingerprint density at radius 1 is 1.06 bits per heavy atom. The number of hydrogen-bond acceptors (Lipinski definition) is 5. The van der Waals surface area contributed by atoms with E-state index in [4.69, 9.17) is 4.74 Å². The Hall–Kier alpha value is -3.95. The third-order valence-electron chi connectivity index (χ3n) is 4.49. The van der Waals surface area contributed by atoms with Crippen molar-refractivity contribution in [3.63, 3.8) is 0 Å². The molecule has 2 N–H and O–H groups in total. The number of halogens is 3. The molecule has 0 unspecified atom stereocenters. The maximum Gasteiger partial charge on any atom is 0.422 e. The highest BCUT2D eigenvalue weighted by molar-refractivity contribution is 5.96. The van der Waals surface area contributed by atoms with Crippen molar-refractivity contribution in [3.8, 4) is 17.0 Å². The first kappa shape index (κ1) is 23.7. The number of carbonyl (C=O) groups excluding carboxylic acids is 2. The maximum absolute atomic E-state index is 12.7. The van der Waals surface area contributed by atoms with Crippen molar-refractivity contribution in [1.29, 1.82) is 0 Å². The Balaban J connectivity index is 1.81. The average Bonchev–Trinajstić information content (AvgIpc) is 2.76. The van der Waals surface area contributed by atoms with Crippen LogP contribution in [0.15, 0.2) is 54.9 Å². The van der Waals surface area contributed by atoms with Crippen LogP contribution in [0.1, 0.15) is 28.4 Å². The number of carbonyl (C=O) groups is 2. The quantitative estimate of drug-likeness (QED) is 0.551. The Kier molecular flexibility index (Phi) is 7.27. The van der Waals surface area contributed by atoms with E-state index in [0.29, 0.717) is 16.7 Å². The van der Waals surface area contributed by atoms with Gasteiger partial charge in [0, 0.05) is 37.0 Å². The molecule has 3 aromatic rings. The summed E-state index contributed by atoms with van der Waals surface area (Å²) in [6.45, 7) is 1.76. The van der Waals surface area contributed by atoms with Gasteiger partial charge in [-0.3, -0.25) is 9.59 Å². The lowest BCUT2D eigenvalue weighted by Crippen LogP contribution is -2.23. The fourth-order valence-electron chi connectivity index (χ4n) is 3.03. The van der Waals surface area contributed by atoms with Gasteiger partial charge in [-0.2, -0.15) is 13.2 Å². The second-order valence-corrected chi connectivity index (χ2v) is 7.21. The number of ether oxygens (including phenoxy) is 1. The van der Waals surface area contributed by atoms with E-state index in [-0.39, 0.29) is 29.7 Å². The molecular formula is C23H21F3N4O3. The van der Waals surface area contributed by atoms with E-state index >= 15 is 0 Å². The lowest BCUT2D eigenvalue weighted by molar-refractivity contribution is -0.154. The maximum atomic E-state index is 12.7. The number of alkyl halides is 3. The molecule has 172 valence electrons. The van der Waals surface area contributed by atoms with Crippen LogP contribution in [0.25, 0.3) is 11.1 Å². The van der Waals surface area contributed by atoms with Gasteiger partial charge >= 0.3 is 6.18 Å². The Morgan fingerprint density at radius 3 is 2.52 bits per heavy atom. The third kappa shape index (κ3) is 6.76. The molecule has 0 radical (unpaired) electrons. The molecule has 0 saturated carbocycles. The molecule has 0 atom stereocenters. The summed E-state index contributed by atoms with van der Waals surface area (Å²) in [5.41, 5.74) is 2.74. The molecular weight excluding hydrogens is 437 g/mol. The van der Waals surface area contributed by atoms with Crippen molar-refractivity contribution in [2.45, 2.75) is 26.6 Å². The minimum absolute atomic E-state index is 0.0715. The van der Waals surface area contributed by atoms with E-state index in [2.05, 4.69) is 20.6 Å². The van der Waals surface area contributed by atoms with Crippen LogP contribution >= 0.6 is 0 Å². The predicted molar refractivity (Wildman–Crippen MR) is 116 cm³/mol. The van der Waals surface area contributed by atoms with Gasteiger partial charge in [-0.05, 0) is 41.8 Å². The van der Waals surface area contributed by atoms with Crippen LogP contribution in [0, 0.1) is 6.92 Å². The number of amides is 2. The topological polar surface area (TPSA) is 93.2 Å². The molecule has 0 aliphatic rings. The van der Waals surface area contributed by atoms with Crippen molar-refractivity contribution in [1.82, 2.24) is 15.3 Å². The lowest BCUT2D eigenvalue weighted by atomic mass is 10.0. The number of nitrogens with zero attached hydrogens (tertiary/aromatic N) is 2. The first-order valence-electron chi connectivity index (χ1n) is 9.89. The predicted octanol–water partition coefficient (Wildman–Crippen LogP) is 4.28. The van der Waals surface area contributed by atoms with Gasteiger partial charge in [0.1, 0.15) is 5.82 Å². The zero-order chi connectivity index (χ0) is 24.0. The van der Waals surface area contributed by atoms with Crippen molar-refractivity contribution in [2.75, 3.05) is 11.9 Å². The lowest BCUT2D eigenvalue weighted by Gasteiger charge is -2.15. The zero-order valence-corrected chi connectivity index (χ0v) is 17.9. The monoisotopic (exact) mass is 458 g/mol. The standard InChI is InChI=1S/C23H21F3N4O3/c1-14-5-3-4-6-18(14)19-9-16(12-29-22(19)33-13-23(24,25)26)11-28-21(32)17-7-8-27-20(10-17)30-15(2)31/h3-10,12H,11,13H2,1-2H3,(H,28,32)(H,27,30,31). The van der Waals surface area contributed by atoms with Gasteiger partial charge in [-0.15, -0.1) is 0 Å². The van der Waals surface area contributed by atoms with Crippen LogP contribution in [-0.2, 0) is 11.3 Å². The summed E-state index contributed by atoms with van der Waals surface area (Å²) in [4.78, 5) is 31.7. The van der Waals surface area contributed by atoms with Crippen molar-refractivity contribution >= 4 is 17.6 Å². The molecule has 1 aromatic carbocycles. The van der Waals surface area contributed by atoms with Crippen LogP contribution in [0.2, 0.25) is 0 Å². The van der Waals surface area contributed by atoms with Gasteiger partial charge in [0.2, 0.25) is 11.8 Å². The van der Waals surface area contributed by atoms with E-state index in [1.54, 1.807) is 18.2 Å². The van der Waals surface area contributed by atoms with Crippen molar-refractivity contribution < 1.29 is 27.5 Å². The summed E-state index contributed by atoms with van der Waals surface area (Å²) in [6.07, 6.45) is -1.76. The van der Waals surface area contributed by atoms with Gasteiger partial charge in [0.25, 0.3) is 5.91 Å².